The summed E-state index contributed by atoms with van der Waals surface area (Å²) in [5.41, 5.74) is 0.723. The molecule has 3 nitrogen and oxygen atoms in total. The van der Waals surface area contributed by atoms with E-state index in [1.165, 1.54) is 0 Å². The second-order valence-corrected chi connectivity index (χ2v) is 3.62. The standard InChI is InChI=1S/C11H10O3/c12-9(7-4-2-1-3-5-7)11-10(14-11)8-6-13-8/h1-5,8,10-11H,6H2/t8-,10-,11+/m1/s1. The number of carbonyl (C=O) groups is 1. The average molecular weight is 190 g/mol. The summed E-state index contributed by atoms with van der Waals surface area (Å²) in [6.07, 6.45) is -0.0692. The van der Waals surface area contributed by atoms with Crippen LogP contribution in [-0.2, 0) is 9.47 Å². The summed E-state index contributed by atoms with van der Waals surface area (Å²) in [4.78, 5) is 11.8. The fourth-order valence-corrected chi connectivity index (χ4v) is 1.63. The molecule has 2 saturated heterocycles. The molecule has 2 heterocycles. The average Bonchev–Trinajstić information content (AvgIpc) is 3.07. The van der Waals surface area contributed by atoms with Crippen LogP contribution in [0.1, 0.15) is 10.4 Å². The van der Waals surface area contributed by atoms with Crippen LogP contribution >= 0.6 is 0 Å². The molecular formula is C11H10O3. The van der Waals surface area contributed by atoms with Gasteiger partial charge in [-0.2, -0.15) is 0 Å². The summed E-state index contributed by atoms with van der Waals surface area (Å²) >= 11 is 0. The Morgan fingerprint density at radius 2 is 2.00 bits per heavy atom. The number of hydrogen-bond acceptors (Lipinski definition) is 3. The third-order valence-electron chi connectivity index (χ3n) is 2.57. The van der Waals surface area contributed by atoms with Crippen molar-refractivity contribution in [3.8, 4) is 0 Å². The Bertz CT molecular complexity index is 356. The zero-order chi connectivity index (χ0) is 9.54. The van der Waals surface area contributed by atoms with Crippen molar-refractivity contribution in [1.82, 2.24) is 0 Å². The van der Waals surface area contributed by atoms with Gasteiger partial charge in [0.05, 0.1) is 6.61 Å². The van der Waals surface area contributed by atoms with Crippen LogP contribution in [0.2, 0.25) is 0 Å². The largest absolute Gasteiger partial charge is 0.370 e. The van der Waals surface area contributed by atoms with Gasteiger partial charge in [0.2, 0.25) is 0 Å². The van der Waals surface area contributed by atoms with Crippen molar-refractivity contribution in [2.75, 3.05) is 6.61 Å². The van der Waals surface area contributed by atoms with Gasteiger partial charge in [0.15, 0.2) is 5.78 Å². The maximum atomic E-state index is 11.8. The van der Waals surface area contributed by atoms with Gasteiger partial charge in [-0.15, -0.1) is 0 Å². The van der Waals surface area contributed by atoms with Crippen molar-refractivity contribution >= 4 is 5.78 Å². The molecule has 2 aliphatic heterocycles. The molecule has 1 aromatic carbocycles. The van der Waals surface area contributed by atoms with Crippen LogP contribution in [0.4, 0.5) is 0 Å². The summed E-state index contributed by atoms with van der Waals surface area (Å²) in [6.45, 7) is 0.739. The number of rotatable bonds is 3. The minimum Gasteiger partial charge on any atom is -0.370 e. The normalized spacial score (nSPS) is 33.9. The maximum absolute atomic E-state index is 11.8. The van der Waals surface area contributed by atoms with Crippen LogP contribution < -0.4 is 0 Å². The van der Waals surface area contributed by atoms with Crippen molar-refractivity contribution in [1.29, 1.82) is 0 Å². The molecule has 0 radical (unpaired) electrons. The first-order valence-electron chi connectivity index (χ1n) is 4.72. The molecule has 0 aromatic heterocycles. The Morgan fingerprint density at radius 3 is 2.64 bits per heavy atom. The quantitative estimate of drug-likeness (QED) is 0.528. The van der Waals surface area contributed by atoms with E-state index >= 15 is 0 Å². The second-order valence-electron chi connectivity index (χ2n) is 3.62. The smallest absolute Gasteiger partial charge is 0.194 e. The van der Waals surface area contributed by atoms with E-state index in [0.29, 0.717) is 0 Å². The van der Waals surface area contributed by atoms with E-state index in [9.17, 15) is 4.79 Å². The highest BCUT2D eigenvalue weighted by Crippen LogP contribution is 2.35. The zero-order valence-electron chi connectivity index (χ0n) is 7.55. The van der Waals surface area contributed by atoms with Gasteiger partial charge < -0.3 is 9.47 Å². The Labute approximate surface area is 81.6 Å². The van der Waals surface area contributed by atoms with Crippen LogP contribution in [0.25, 0.3) is 0 Å². The van der Waals surface area contributed by atoms with Crippen LogP contribution in [0, 0.1) is 0 Å². The molecule has 0 unspecified atom stereocenters. The fraction of sp³-hybridized carbons (Fsp3) is 0.364. The van der Waals surface area contributed by atoms with Gasteiger partial charge in [-0.3, -0.25) is 4.79 Å². The van der Waals surface area contributed by atoms with Crippen LogP contribution in [0.3, 0.4) is 0 Å². The van der Waals surface area contributed by atoms with Gasteiger partial charge in [-0.1, -0.05) is 30.3 Å². The Balaban J connectivity index is 1.72. The van der Waals surface area contributed by atoms with Crippen molar-refractivity contribution in [3.05, 3.63) is 35.9 Å². The molecule has 0 bridgehead atoms. The highest BCUT2D eigenvalue weighted by atomic mass is 16.7. The van der Waals surface area contributed by atoms with Gasteiger partial charge >= 0.3 is 0 Å². The van der Waals surface area contributed by atoms with E-state index in [0.717, 1.165) is 12.2 Å². The van der Waals surface area contributed by atoms with Gasteiger partial charge in [0.25, 0.3) is 0 Å². The number of ether oxygens (including phenoxy) is 2. The molecule has 0 saturated carbocycles. The molecule has 0 amide bonds. The van der Waals surface area contributed by atoms with E-state index in [-0.39, 0.29) is 24.1 Å². The molecule has 2 aliphatic rings. The number of Topliss-reactive ketones (excluding diaryl/α,β-unsaturated/α-hetero) is 1. The van der Waals surface area contributed by atoms with Crippen molar-refractivity contribution in [2.24, 2.45) is 0 Å². The third kappa shape index (κ3) is 1.35. The third-order valence-corrected chi connectivity index (χ3v) is 2.57. The van der Waals surface area contributed by atoms with Gasteiger partial charge in [-0.25, -0.2) is 0 Å². The molecule has 3 atom stereocenters. The van der Waals surface area contributed by atoms with Crippen LogP contribution in [0.15, 0.2) is 30.3 Å². The van der Waals surface area contributed by atoms with Gasteiger partial charge in [0.1, 0.15) is 18.3 Å². The van der Waals surface area contributed by atoms with E-state index in [1.807, 2.05) is 30.3 Å². The first-order chi connectivity index (χ1) is 6.86. The van der Waals surface area contributed by atoms with Crippen molar-refractivity contribution < 1.29 is 14.3 Å². The molecule has 14 heavy (non-hydrogen) atoms. The number of benzene rings is 1. The summed E-state index contributed by atoms with van der Waals surface area (Å²) in [5.74, 6) is 0.0751. The minimum absolute atomic E-state index is 0.0164. The molecule has 3 heteroatoms. The Morgan fingerprint density at radius 1 is 1.29 bits per heavy atom. The lowest BCUT2D eigenvalue weighted by Gasteiger charge is -1.94. The molecule has 0 spiro atoms. The summed E-state index contributed by atoms with van der Waals surface area (Å²) in [7, 11) is 0. The molecule has 0 N–H and O–H groups in total. The monoisotopic (exact) mass is 190 g/mol. The number of ketones is 1. The van der Waals surface area contributed by atoms with Crippen LogP contribution in [0.5, 0.6) is 0 Å². The summed E-state index contributed by atoms with van der Waals surface area (Å²) in [6, 6.07) is 9.24. The molecule has 1 aromatic rings. The van der Waals surface area contributed by atoms with Crippen molar-refractivity contribution in [2.45, 2.75) is 18.3 Å². The highest BCUT2D eigenvalue weighted by molar-refractivity contribution is 6.01. The van der Waals surface area contributed by atoms with Gasteiger partial charge in [-0.05, 0) is 0 Å². The molecule has 0 aliphatic carbocycles. The number of epoxide rings is 2. The van der Waals surface area contributed by atoms with Crippen LogP contribution in [-0.4, -0.2) is 30.7 Å². The summed E-state index contributed by atoms with van der Waals surface area (Å²) in [5, 5.41) is 0. The molecule has 2 fully saturated rings. The Hall–Kier alpha value is -1.19. The topological polar surface area (TPSA) is 42.1 Å². The fourth-order valence-electron chi connectivity index (χ4n) is 1.63. The zero-order valence-corrected chi connectivity index (χ0v) is 7.55. The number of carbonyl (C=O) groups excluding carboxylic acids is 1. The SMILES string of the molecule is O=C(c1ccccc1)[C@@H]1O[C@@H]1[C@H]1CO1. The van der Waals surface area contributed by atoms with Gasteiger partial charge in [0, 0.05) is 5.56 Å². The molecular weight excluding hydrogens is 180 g/mol. The predicted octanol–water partition coefficient (Wildman–Crippen LogP) is 1.04. The Kier molecular flexibility index (Phi) is 1.69. The lowest BCUT2D eigenvalue weighted by Crippen LogP contribution is -2.12. The van der Waals surface area contributed by atoms with E-state index < -0.39 is 0 Å². The second kappa shape index (κ2) is 2.90. The predicted molar refractivity (Wildman–Crippen MR) is 49.2 cm³/mol. The summed E-state index contributed by atoms with van der Waals surface area (Å²) < 4.78 is 10.4. The van der Waals surface area contributed by atoms with E-state index in [4.69, 9.17) is 9.47 Å². The lowest BCUT2D eigenvalue weighted by molar-refractivity contribution is 0.0953. The maximum Gasteiger partial charge on any atom is 0.194 e. The number of hydrogen-bond donors (Lipinski definition) is 0. The van der Waals surface area contributed by atoms with E-state index in [2.05, 4.69) is 0 Å². The first-order valence-corrected chi connectivity index (χ1v) is 4.72. The lowest BCUT2D eigenvalue weighted by atomic mass is 10.1. The molecule has 72 valence electrons. The molecule has 3 rings (SSSR count). The first kappa shape index (κ1) is 8.15. The van der Waals surface area contributed by atoms with Crippen molar-refractivity contribution in [3.63, 3.8) is 0 Å². The highest BCUT2D eigenvalue weighted by Gasteiger charge is 2.54. The minimum atomic E-state index is -0.259. The van der Waals surface area contributed by atoms with E-state index in [1.54, 1.807) is 0 Å².